The van der Waals surface area contributed by atoms with Crippen molar-refractivity contribution < 1.29 is 9.47 Å². The molecule has 0 spiro atoms. The third-order valence-corrected chi connectivity index (χ3v) is 9.27. The highest BCUT2D eigenvalue weighted by Gasteiger charge is 2.10. The van der Waals surface area contributed by atoms with Gasteiger partial charge in [0.1, 0.15) is 23.0 Å². The van der Waals surface area contributed by atoms with Crippen LogP contribution in [0.1, 0.15) is 0 Å². The van der Waals surface area contributed by atoms with Gasteiger partial charge in [0.05, 0.1) is 11.4 Å². The molecule has 9 rings (SSSR count). The van der Waals surface area contributed by atoms with Crippen molar-refractivity contribution in [2.45, 2.75) is 0 Å². The summed E-state index contributed by atoms with van der Waals surface area (Å²) in [5, 5.41) is 12.6. The molecule has 60 heavy (non-hydrogen) atoms. The van der Waals surface area contributed by atoms with Crippen molar-refractivity contribution in [2.75, 3.05) is 34.4 Å². The molecule has 0 aliphatic heterocycles. The van der Waals surface area contributed by atoms with Gasteiger partial charge in [0.2, 0.25) is 0 Å². The van der Waals surface area contributed by atoms with Crippen LogP contribution in [0.5, 0.6) is 23.0 Å². The number of nitrogens with two attached hydrogens (primary N) is 6. The molecule has 10 nitrogen and oxygen atoms in total. The highest BCUT2D eigenvalue weighted by atomic mass is 16.5. The van der Waals surface area contributed by atoms with Crippen molar-refractivity contribution in [3.05, 3.63) is 194 Å². The summed E-state index contributed by atoms with van der Waals surface area (Å²) in [5.41, 5.74) is 43.1. The van der Waals surface area contributed by atoms with Crippen LogP contribution in [0.15, 0.2) is 204 Å². The number of nitrogen functional groups attached to an aromatic ring is 6. The monoisotopic (exact) mass is 788 g/mol. The molecule has 9 aromatic carbocycles. The summed E-state index contributed by atoms with van der Waals surface area (Å²) >= 11 is 0. The van der Waals surface area contributed by atoms with E-state index in [-0.39, 0.29) is 0 Å². The van der Waals surface area contributed by atoms with Gasteiger partial charge in [-0.25, -0.2) is 0 Å². The number of benzene rings is 9. The highest BCUT2D eigenvalue weighted by molar-refractivity contribution is 6.10. The van der Waals surface area contributed by atoms with Gasteiger partial charge in [-0.05, 0) is 119 Å². The summed E-state index contributed by atoms with van der Waals surface area (Å²) in [6, 6.07) is 61.0. The van der Waals surface area contributed by atoms with Gasteiger partial charge >= 0.3 is 0 Å². The average molecular weight is 789 g/mol. The zero-order valence-corrected chi connectivity index (χ0v) is 32.7. The molecule has 0 atom stereocenters. The molecule has 0 aromatic heterocycles. The minimum absolute atomic E-state index is 0.657. The fourth-order valence-electron chi connectivity index (χ4n) is 6.34. The Bertz CT molecular complexity index is 2700. The van der Waals surface area contributed by atoms with E-state index in [1.54, 1.807) is 36.4 Å². The molecular formula is C50H44N8O2. The number of nitrogens with zero attached hydrogens (tertiary/aromatic N) is 2. The van der Waals surface area contributed by atoms with E-state index < -0.39 is 0 Å². The molecule has 0 bridgehead atoms. The van der Waals surface area contributed by atoms with Crippen molar-refractivity contribution >= 4 is 67.0 Å². The van der Waals surface area contributed by atoms with Gasteiger partial charge in [0, 0.05) is 63.1 Å². The first-order valence-electron chi connectivity index (χ1n) is 19.0. The van der Waals surface area contributed by atoms with E-state index in [1.807, 2.05) is 121 Å². The Kier molecular flexibility index (Phi) is 12.3. The zero-order valence-electron chi connectivity index (χ0n) is 32.7. The molecule has 0 saturated heterocycles. The first kappa shape index (κ1) is 39.7. The molecule has 0 amide bonds. The van der Waals surface area contributed by atoms with Gasteiger partial charge in [0.25, 0.3) is 0 Å². The van der Waals surface area contributed by atoms with Gasteiger partial charge in [-0.15, -0.1) is 0 Å². The highest BCUT2D eigenvalue weighted by Crippen LogP contribution is 2.37. The molecule has 0 fully saturated rings. The fourth-order valence-corrected chi connectivity index (χ4v) is 6.34. The van der Waals surface area contributed by atoms with Crippen molar-refractivity contribution in [1.82, 2.24) is 0 Å². The van der Waals surface area contributed by atoms with E-state index in [2.05, 4.69) is 46.6 Å². The molecule has 12 N–H and O–H groups in total. The third kappa shape index (κ3) is 10.3. The predicted octanol–water partition coefficient (Wildman–Crippen LogP) is 12.5. The lowest BCUT2D eigenvalue weighted by molar-refractivity contribution is 0.460. The van der Waals surface area contributed by atoms with Crippen molar-refractivity contribution in [3.8, 4) is 34.1 Å². The topological polar surface area (TPSA) is 199 Å². The molecular weight excluding hydrogens is 745 g/mol. The average Bonchev–Trinajstić information content (AvgIpc) is 3.25. The number of rotatable bonds is 7. The van der Waals surface area contributed by atoms with E-state index in [0.29, 0.717) is 45.7 Å². The quantitative estimate of drug-likeness (QED) is 0.0676. The second kappa shape index (κ2) is 18.6. The standard InChI is InChI=1S/C20H16N2.C18H16N2O2.C12H12N4/c21-19-11-9-15(13-5-1-3-7-17(13)19)16-10-12-20(22)18-8-4-2-6-14(16)18;19-13-4-1-6-15(10-13)21-17-8-3-9-18(12-17)22-16-7-2-5-14(20)11-16;13-9-1-5-11(6-2-9)15-16-12-7-3-10(14)4-8-12/h1-12H,21-22H2;1-12H,19-20H2;1-8H,13-14H2. The maximum absolute atomic E-state index is 6.12. The lowest BCUT2D eigenvalue weighted by Gasteiger charge is -2.13. The molecule has 9 aromatic rings. The van der Waals surface area contributed by atoms with Gasteiger partial charge in [-0.2, -0.15) is 10.2 Å². The van der Waals surface area contributed by atoms with E-state index in [0.717, 1.165) is 44.3 Å². The second-order valence-corrected chi connectivity index (χ2v) is 13.7. The lowest BCUT2D eigenvalue weighted by Crippen LogP contribution is -1.92. The number of fused-ring (bicyclic) bond motifs is 2. The minimum atomic E-state index is 0.657. The number of anilines is 6. The van der Waals surface area contributed by atoms with Crippen LogP contribution in [0.25, 0.3) is 32.7 Å². The predicted molar refractivity (Wildman–Crippen MR) is 250 cm³/mol. The van der Waals surface area contributed by atoms with Crippen LogP contribution in [0.2, 0.25) is 0 Å². The smallest absolute Gasteiger partial charge is 0.131 e. The minimum Gasteiger partial charge on any atom is -0.457 e. The Labute approximate surface area is 348 Å². The van der Waals surface area contributed by atoms with E-state index in [4.69, 9.17) is 43.9 Å². The zero-order chi connectivity index (χ0) is 41.8. The number of ether oxygens (including phenoxy) is 2. The molecule has 0 radical (unpaired) electrons. The first-order chi connectivity index (χ1) is 29.2. The van der Waals surface area contributed by atoms with Gasteiger partial charge in [-0.3, -0.25) is 0 Å². The Balaban J connectivity index is 0.000000138. The maximum Gasteiger partial charge on any atom is 0.131 e. The van der Waals surface area contributed by atoms with E-state index in [1.165, 1.54) is 11.1 Å². The fraction of sp³-hybridized carbons (Fsp3) is 0. The molecule has 0 aliphatic carbocycles. The van der Waals surface area contributed by atoms with Crippen LogP contribution in [0.4, 0.5) is 45.5 Å². The maximum atomic E-state index is 6.12. The Morgan fingerprint density at radius 3 is 1.02 bits per heavy atom. The van der Waals surface area contributed by atoms with Gasteiger partial charge in [0.15, 0.2) is 0 Å². The van der Waals surface area contributed by atoms with Crippen LogP contribution in [0.3, 0.4) is 0 Å². The van der Waals surface area contributed by atoms with Crippen molar-refractivity contribution in [2.24, 2.45) is 10.2 Å². The van der Waals surface area contributed by atoms with E-state index >= 15 is 0 Å². The summed E-state index contributed by atoms with van der Waals surface area (Å²) in [5.74, 6) is 2.71. The summed E-state index contributed by atoms with van der Waals surface area (Å²) in [7, 11) is 0. The first-order valence-corrected chi connectivity index (χ1v) is 19.0. The third-order valence-electron chi connectivity index (χ3n) is 9.27. The molecule has 0 heterocycles. The molecule has 0 unspecified atom stereocenters. The van der Waals surface area contributed by atoms with Crippen LogP contribution in [-0.4, -0.2) is 0 Å². The molecule has 0 aliphatic rings. The number of hydrogen-bond donors (Lipinski definition) is 6. The van der Waals surface area contributed by atoms with Crippen molar-refractivity contribution in [1.29, 1.82) is 0 Å². The Morgan fingerprint density at radius 1 is 0.283 bits per heavy atom. The number of azo groups is 1. The summed E-state index contributed by atoms with van der Waals surface area (Å²) < 4.78 is 11.6. The molecule has 296 valence electrons. The van der Waals surface area contributed by atoms with Crippen molar-refractivity contribution in [3.63, 3.8) is 0 Å². The van der Waals surface area contributed by atoms with E-state index in [9.17, 15) is 0 Å². The largest absolute Gasteiger partial charge is 0.457 e. The summed E-state index contributed by atoms with van der Waals surface area (Å²) in [6.45, 7) is 0. The summed E-state index contributed by atoms with van der Waals surface area (Å²) in [6.07, 6.45) is 0. The van der Waals surface area contributed by atoms with Crippen LogP contribution < -0.4 is 43.9 Å². The number of hydrogen-bond acceptors (Lipinski definition) is 10. The molecule has 10 heteroatoms. The van der Waals surface area contributed by atoms with Crippen LogP contribution >= 0.6 is 0 Å². The normalized spacial score (nSPS) is 10.7. The lowest BCUT2D eigenvalue weighted by atomic mass is 9.93. The Hall–Kier alpha value is -8.50. The van der Waals surface area contributed by atoms with Crippen LogP contribution in [-0.2, 0) is 0 Å². The Morgan fingerprint density at radius 2 is 0.633 bits per heavy atom. The molecule has 0 saturated carbocycles. The van der Waals surface area contributed by atoms with Crippen LogP contribution in [0, 0.1) is 0 Å². The van der Waals surface area contributed by atoms with Gasteiger partial charge < -0.3 is 43.9 Å². The second-order valence-electron chi connectivity index (χ2n) is 13.7. The van der Waals surface area contributed by atoms with Gasteiger partial charge in [-0.1, -0.05) is 78.9 Å². The summed E-state index contributed by atoms with van der Waals surface area (Å²) in [4.78, 5) is 0. The SMILES string of the molecule is Nc1ccc(-c2ccc(N)c3ccccc23)c2ccccc12.Nc1ccc(N=Nc2ccc(N)cc2)cc1.Nc1cccc(Oc2cccc(Oc3cccc(N)c3)c2)c1.